The number of hydrogen-bond donors (Lipinski definition) is 2. The highest BCUT2D eigenvalue weighted by Crippen LogP contribution is 2.20. The summed E-state index contributed by atoms with van der Waals surface area (Å²) in [5.74, 6) is -0.131. The van der Waals surface area contributed by atoms with Gasteiger partial charge in [-0.3, -0.25) is 4.79 Å². The predicted octanol–water partition coefficient (Wildman–Crippen LogP) is 4.73. The molecule has 2 amide bonds. The van der Waals surface area contributed by atoms with E-state index in [1.54, 1.807) is 11.9 Å². The number of amides is 2. The molecule has 0 radical (unpaired) electrons. The first-order valence-electron chi connectivity index (χ1n) is 11.1. The third-order valence-electron chi connectivity index (χ3n) is 5.23. The summed E-state index contributed by atoms with van der Waals surface area (Å²) in [4.78, 5) is 26.2. The maximum atomic E-state index is 12.6. The summed E-state index contributed by atoms with van der Waals surface area (Å²) in [6.07, 6.45) is 3.58. The first kappa shape index (κ1) is 23.5. The molecule has 170 valence electrons. The molecule has 0 saturated heterocycles. The Morgan fingerprint density at radius 1 is 1.06 bits per heavy atom. The Hall–Kier alpha value is -3.12. The molecule has 6 nitrogen and oxygen atoms in total. The highest BCUT2D eigenvalue weighted by atomic mass is 16.6. The fourth-order valence-corrected chi connectivity index (χ4v) is 3.41. The predicted molar refractivity (Wildman–Crippen MR) is 129 cm³/mol. The highest BCUT2D eigenvalue weighted by molar-refractivity contribution is 6.04. The Balaban J connectivity index is 1.51. The molecular formula is C26H33N3O3. The largest absolute Gasteiger partial charge is 0.444 e. The van der Waals surface area contributed by atoms with Crippen molar-refractivity contribution in [3.63, 3.8) is 0 Å². The molecule has 0 fully saturated rings. The first-order valence-corrected chi connectivity index (χ1v) is 11.1. The number of nitrogens with zero attached hydrogens (tertiary/aromatic N) is 1. The monoisotopic (exact) mass is 435 g/mol. The van der Waals surface area contributed by atoms with E-state index in [4.69, 9.17) is 4.74 Å². The molecule has 2 aromatic carbocycles. The van der Waals surface area contributed by atoms with E-state index >= 15 is 0 Å². The average Bonchev–Trinajstić information content (AvgIpc) is 2.78. The zero-order valence-electron chi connectivity index (χ0n) is 19.4. The van der Waals surface area contributed by atoms with Crippen LogP contribution in [0.25, 0.3) is 5.57 Å². The van der Waals surface area contributed by atoms with Crippen LogP contribution < -0.4 is 10.6 Å². The summed E-state index contributed by atoms with van der Waals surface area (Å²) >= 11 is 0. The van der Waals surface area contributed by atoms with Crippen LogP contribution in [0.15, 0.2) is 54.6 Å². The van der Waals surface area contributed by atoms with Crippen molar-refractivity contribution in [1.82, 2.24) is 10.2 Å². The van der Waals surface area contributed by atoms with Crippen LogP contribution >= 0.6 is 0 Å². The lowest BCUT2D eigenvalue weighted by atomic mass is 9.99. The second-order valence-corrected chi connectivity index (χ2v) is 9.06. The fourth-order valence-electron chi connectivity index (χ4n) is 3.41. The number of anilines is 1. The van der Waals surface area contributed by atoms with Crippen molar-refractivity contribution in [2.45, 2.75) is 39.2 Å². The van der Waals surface area contributed by atoms with Gasteiger partial charge in [-0.15, -0.1) is 0 Å². The van der Waals surface area contributed by atoms with Crippen LogP contribution in [-0.4, -0.2) is 49.2 Å². The van der Waals surface area contributed by atoms with Crippen molar-refractivity contribution in [2.75, 3.05) is 32.0 Å². The van der Waals surface area contributed by atoms with Crippen LogP contribution in [0.1, 0.15) is 48.7 Å². The molecule has 6 heteroatoms. The Bertz CT molecular complexity index is 957. The lowest BCUT2D eigenvalue weighted by molar-refractivity contribution is 0.0300. The summed E-state index contributed by atoms with van der Waals surface area (Å²) in [5.41, 5.74) is 4.44. The van der Waals surface area contributed by atoms with Gasteiger partial charge in [0.05, 0.1) is 0 Å². The molecule has 0 aliphatic carbocycles. The molecule has 1 aliphatic heterocycles. The number of carbonyl (C=O) groups excluding carboxylic acids is 2. The minimum absolute atomic E-state index is 0.131. The van der Waals surface area contributed by atoms with Crippen molar-refractivity contribution in [1.29, 1.82) is 0 Å². The third kappa shape index (κ3) is 6.95. The minimum Gasteiger partial charge on any atom is -0.444 e. The Morgan fingerprint density at radius 3 is 2.34 bits per heavy atom. The van der Waals surface area contributed by atoms with Crippen molar-refractivity contribution in [2.24, 2.45) is 0 Å². The molecule has 1 aliphatic rings. The van der Waals surface area contributed by atoms with E-state index in [1.165, 1.54) is 11.1 Å². The second kappa shape index (κ2) is 10.5. The van der Waals surface area contributed by atoms with E-state index in [-0.39, 0.29) is 12.0 Å². The molecule has 0 atom stereocenters. The molecule has 0 spiro atoms. The zero-order valence-corrected chi connectivity index (χ0v) is 19.4. The van der Waals surface area contributed by atoms with Crippen molar-refractivity contribution in [3.8, 4) is 0 Å². The lowest BCUT2D eigenvalue weighted by Gasteiger charge is -2.24. The molecule has 0 unspecified atom stereocenters. The van der Waals surface area contributed by atoms with Gasteiger partial charge in [-0.05, 0) is 81.1 Å². The SMILES string of the molecule is CN(CCc1ccc(NC(=O)c2ccc(C3=CCNCC3)cc2)cc1)C(=O)OC(C)(C)C. The highest BCUT2D eigenvalue weighted by Gasteiger charge is 2.19. The quantitative estimate of drug-likeness (QED) is 0.688. The Kier molecular flexibility index (Phi) is 7.70. The van der Waals surface area contributed by atoms with Gasteiger partial charge in [0.1, 0.15) is 5.60 Å². The molecule has 32 heavy (non-hydrogen) atoms. The van der Waals surface area contributed by atoms with Gasteiger partial charge < -0.3 is 20.3 Å². The van der Waals surface area contributed by atoms with Crippen LogP contribution in [0, 0.1) is 0 Å². The van der Waals surface area contributed by atoms with Crippen molar-refractivity contribution >= 4 is 23.3 Å². The Morgan fingerprint density at radius 2 is 1.75 bits per heavy atom. The van der Waals surface area contributed by atoms with Crippen LogP contribution in [0.2, 0.25) is 0 Å². The molecular weight excluding hydrogens is 402 g/mol. The number of ether oxygens (including phenoxy) is 1. The minimum atomic E-state index is -0.504. The molecule has 0 bridgehead atoms. The zero-order chi connectivity index (χ0) is 23.1. The van der Waals surface area contributed by atoms with Crippen LogP contribution in [0.4, 0.5) is 10.5 Å². The molecule has 0 saturated carbocycles. The van der Waals surface area contributed by atoms with Gasteiger partial charge in [0.2, 0.25) is 0 Å². The van der Waals surface area contributed by atoms with E-state index in [0.29, 0.717) is 18.5 Å². The second-order valence-electron chi connectivity index (χ2n) is 9.06. The number of nitrogens with one attached hydrogen (secondary N) is 2. The number of likely N-dealkylation sites (N-methyl/N-ethyl adjacent to an activating group) is 1. The summed E-state index contributed by atoms with van der Waals surface area (Å²) in [6.45, 7) is 8.00. The van der Waals surface area contributed by atoms with Gasteiger partial charge in [-0.25, -0.2) is 4.79 Å². The number of hydrogen-bond acceptors (Lipinski definition) is 4. The average molecular weight is 436 g/mol. The van der Waals surface area contributed by atoms with Crippen LogP contribution in [-0.2, 0) is 11.2 Å². The number of rotatable bonds is 6. The van der Waals surface area contributed by atoms with Gasteiger partial charge in [0, 0.05) is 31.4 Å². The van der Waals surface area contributed by atoms with Crippen LogP contribution in [0.5, 0.6) is 0 Å². The maximum absolute atomic E-state index is 12.6. The topological polar surface area (TPSA) is 70.7 Å². The van der Waals surface area contributed by atoms with E-state index in [1.807, 2.05) is 69.3 Å². The summed E-state index contributed by atoms with van der Waals surface area (Å²) < 4.78 is 5.37. The summed E-state index contributed by atoms with van der Waals surface area (Å²) in [5, 5.41) is 6.25. The van der Waals surface area contributed by atoms with Gasteiger partial charge in [0.25, 0.3) is 5.91 Å². The van der Waals surface area contributed by atoms with Gasteiger partial charge >= 0.3 is 6.09 Å². The van der Waals surface area contributed by atoms with Crippen molar-refractivity contribution < 1.29 is 14.3 Å². The van der Waals surface area contributed by atoms with E-state index in [0.717, 1.165) is 30.8 Å². The van der Waals surface area contributed by atoms with E-state index in [9.17, 15) is 9.59 Å². The third-order valence-corrected chi connectivity index (χ3v) is 5.23. The Labute approximate surface area is 190 Å². The van der Waals surface area contributed by atoms with Gasteiger partial charge in [0.15, 0.2) is 0 Å². The van der Waals surface area contributed by atoms with E-state index < -0.39 is 5.60 Å². The van der Waals surface area contributed by atoms with Gasteiger partial charge in [-0.1, -0.05) is 30.3 Å². The lowest BCUT2D eigenvalue weighted by Crippen LogP contribution is -2.35. The molecule has 2 N–H and O–H groups in total. The van der Waals surface area contributed by atoms with Crippen molar-refractivity contribution in [3.05, 3.63) is 71.3 Å². The van der Waals surface area contributed by atoms with Crippen LogP contribution in [0.3, 0.4) is 0 Å². The number of carbonyl (C=O) groups is 2. The van der Waals surface area contributed by atoms with Gasteiger partial charge in [-0.2, -0.15) is 0 Å². The smallest absolute Gasteiger partial charge is 0.410 e. The summed E-state index contributed by atoms with van der Waals surface area (Å²) in [6, 6.07) is 15.5. The molecule has 2 aromatic rings. The summed E-state index contributed by atoms with van der Waals surface area (Å²) in [7, 11) is 1.73. The molecule has 1 heterocycles. The van der Waals surface area contributed by atoms with E-state index in [2.05, 4.69) is 16.7 Å². The first-order chi connectivity index (χ1) is 15.2. The molecule has 0 aromatic heterocycles. The fraction of sp³-hybridized carbons (Fsp3) is 0.385. The standard InChI is InChI=1S/C26H33N3O3/c1-26(2,3)32-25(31)29(4)18-15-19-5-11-23(12-6-19)28-24(30)22-9-7-20(8-10-22)21-13-16-27-17-14-21/h5-13,27H,14-18H2,1-4H3,(H,28,30). The number of benzene rings is 2. The normalized spacial score (nSPS) is 13.8. The maximum Gasteiger partial charge on any atom is 0.410 e. The molecule has 3 rings (SSSR count).